The quantitative estimate of drug-likeness (QED) is 0.592. The third-order valence-corrected chi connectivity index (χ3v) is 4.18. The van der Waals surface area contributed by atoms with Crippen molar-refractivity contribution >= 4 is 18.0 Å². The molecule has 1 aromatic rings. The number of hydrogen-bond acceptors (Lipinski definition) is 4. The molecule has 0 unspecified atom stereocenters. The van der Waals surface area contributed by atoms with Gasteiger partial charge in [-0.3, -0.25) is 4.79 Å². The minimum atomic E-state index is -1.09. The molecule has 0 aliphatic carbocycles. The highest BCUT2D eigenvalue weighted by Crippen LogP contribution is 2.09. The molecular formula is C19H28N2O5. The van der Waals surface area contributed by atoms with E-state index in [1.165, 1.54) is 0 Å². The molecule has 1 aromatic carbocycles. The van der Waals surface area contributed by atoms with Crippen LogP contribution in [-0.4, -0.2) is 35.2 Å². The van der Waals surface area contributed by atoms with Crippen molar-refractivity contribution in [2.75, 3.05) is 0 Å². The van der Waals surface area contributed by atoms with Gasteiger partial charge in [-0.05, 0) is 17.9 Å². The van der Waals surface area contributed by atoms with E-state index < -0.39 is 30.1 Å². The lowest BCUT2D eigenvalue weighted by molar-refractivity contribution is -0.143. The molecule has 26 heavy (non-hydrogen) atoms. The summed E-state index contributed by atoms with van der Waals surface area (Å²) < 4.78 is 5.13. The van der Waals surface area contributed by atoms with E-state index in [0.29, 0.717) is 19.3 Å². The van der Waals surface area contributed by atoms with Crippen molar-refractivity contribution in [3.05, 3.63) is 35.9 Å². The molecule has 3 N–H and O–H groups in total. The Bertz CT molecular complexity index is 591. The number of alkyl carbamates (subject to hydrolysis) is 1. The number of hydrogen-bond donors (Lipinski definition) is 3. The molecule has 0 radical (unpaired) electrons. The van der Waals surface area contributed by atoms with Crippen LogP contribution in [0.5, 0.6) is 0 Å². The van der Waals surface area contributed by atoms with Crippen molar-refractivity contribution in [2.45, 2.75) is 58.7 Å². The zero-order valence-corrected chi connectivity index (χ0v) is 15.5. The Morgan fingerprint density at radius 3 is 2.31 bits per heavy atom. The van der Waals surface area contributed by atoms with Crippen molar-refractivity contribution in [1.82, 2.24) is 10.6 Å². The molecule has 3 atom stereocenters. The fourth-order valence-corrected chi connectivity index (χ4v) is 2.40. The molecule has 0 aromatic heterocycles. The molecule has 0 saturated carbocycles. The lowest BCUT2D eigenvalue weighted by Crippen LogP contribution is -2.53. The molecule has 0 saturated heterocycles. The number of nitrogens with one attached hydrogen (secondary N) is 2. The highest BCUT2D eigenvalue weighted by atomic mass is 16.5. The Hall–Kier alpha value is -2.57. The van der Waals surface area contributed by atoms with Gasteiger partial charge in [0.25, 0.3) is 0 Å². The molecule has 0 bridgehead atoms. The second kappa shape index (κ2) is 11.1. The fraction of sp³-hybridized carbons (Fsp3) is 0.526. The average Bonchev–Trinajstić information content (AvgIpc) is 2.63. The normalized spacial score (nSPS) is 14.0. The van der Waals surface area contributed by atoms with Gasteiger partial charge in [0.15, 0.2) is 0 Å². The molecule has 144 valence electrons. The van der Waals surface area contributed by atoms with Crippen LogP contribution in [0.1, 0.15) is 45.6 Å². The highest BCUT2D eigenvalue weighted by molar-refractivity contribution is 5.89. The van der Waals surface area contributed by atoms with Crippen LogP contribution in [0.4, 0.5) is 4.79 Å². The summed E-state index contributed by atoms with van der Waals surface area (Å²) in [6.45, 7) is 5.59. The maximum atomic E-state index is 12.4. The van der Waals surface area contributed by atoms with E-state index in [-0.39, 0.29) is 12.5 Å². The summed E-state index contributed by atoms with van der Waals surface area (Å²) >= 11 is 0. The molecule has 0 aliphatic heterocycles. The third-order valence-electron chi connectivity index (χ3n) is 4.18. The van der Waals surface area contributed by atoms with Gasteiger partial charge in [-0.2, -0.15) is 0 Å². The first-order chi connectivity index (χ1) is 12.4. The van der Waals surface area contributed by atoms with Gasteiger partial charge in [-0.25, -0.2) is 9.59 Å². The first kappa shape index (κ1) is 21.5. The van der Waals surface area contributed by atoms with Gasteiger partial charge < -0.3 is 20.5 Å². The summed E-state index contributed by atoms with van der Waals surface area (Å²) in [6, 6.07) is 7.36. The monoisotopic (exact) mass is 364 g/mol. The van der Waals surface area contributed by atoms with E-state index >= 15 is 0 Å². The zero-order valence-electron chi connectivity index (χ0n) is 15.5. The zero-order chi connectivity index (χ0) is 19.5. The van der Waals surface area contributed by atoms with E-state index in [1.807, 2.05) is 44.2 Å². The van der Waals surface area contributed by atoms with Gasteiger partial charge in [0, 0.05) is 0 Å². The second-order valence-electron chi connectivity index (χ2n) is 6.26. The topological polar surface area (TPSA) is 105 Å². The van der Waals surface area contributed by atoms with Crippen molar-refractivity contribution in [3.8, 4) is 0 Å². The van der Waals surface area contributed by atoms with Crippen LogP contribution in [0.3, 0.4) is 0 Å². The van der Waals surface area contributed by atoms with Crippen LogP contribution in [0, 0.1) is 5.92 Å². The maximum absolute atomic E-state index is 12.4. The molecular weight excluding hydrogens is 336 g/mol. The average molecular weight is 364 g/mol. The Kier molecular flexibility index (Phi) is 9.19. The third kappa shape index (κ3) is 7.13. The summed E-state index contributed by atoms with van der Waals surface area (Å²) in [5.74, 6) is -1.82. The molecule has 7 nitrogen and oxygen atoms in total. The largest absolute Gasteiger partial charge is 0.480 e. The predicted molar refractivity (Wildman–Crippen MR) is 97.5 cm³/mol. The maximum Gasteiger partial charge on any atom is 0.408 e. The van der Waals surface area contributed by atoms with Crippen LogP contribution in [0.15, 0.2) is 30.3 Å². The first-order valence-electron chi connectivity index (χ1n) is 8.89. The number of rotatable bonds is 10. The summed E-state index contributed by atoms with van der Waals surface area (Å²) in [5.41, 5.74) is 0.835. The van der Waals surface area contributed by atoms with Gasteiger partial charge in [0.05, 0.1) is 0 Å². The number of amides is 2. The minimum Gasteiger partial charge on any atom is -0.480 e. The number of benzene rings is 1. The van der Waals surface area contributed by atoms with E-state index in [1.54, 1.807) is 6.92 Å². The Balaban J connectivity index is 2.63. The molecule has 1 rings (SSSR count). The van der Waals surface area contributed by atoms with Crippen molar-refractivity contribution < 1.29 is 24.2 Å². The van der Waals surface area contributed by atoms with Crippen LogP contribution in [0.25, 0.3) is 0 Å². The summed E-state index contributed by atoms with van der Waals surface area (Å²) in [6.07, 6.45) is 0.942. The molecule has 7 heteroatoms. The van der Waals surface area contributed by atoms with Gasteiger partial charge in [0.2, 0.25) is 5.91 Å². The van der Waals surface area contributed by atoms with Gasteiger partial charge in [-0.1, -0.05) is 63.9 Å². The molecule has 0 heterocycles. The molecule has 0 spiro atoms. The number of aliphatic carboxylic acids is 1. The smallest absolute Gasteiger partial charge is 0.408 e. The Labute approximate surface area is 154 Å². The SMILES string of the molecule is CCC[C@@H](NC(=O)OCc1ccccc1)C(=O)N[C@H](C(=O)O)[C@@H](C)CC. The standard InChI is InChI=1S/C19H28N2O5/c1-4-9-15(17(22)21-16(18(23)24)13(3)5-2)20-19(25)26-12-14-10-7-6-8-11-14/h6-8,10-11,13,15-16H,4-5,9,12H2,1-3H3,(H,20,25)(H,21,22)(H,23,24)/t13-,15+,16-/m0/s1. The van der Waals surface area contributed by atoms with E-state index in [4.69, 9.17) is 4.74 Å². The molecule has 0 aliphatic rings. The minimum absolute atomic E-state index is 0.0950. The van der Waals surface area contributed by atoms with Gasteiger partial charge in [0.1, 0.15) is 18.7 Å². The highest BCUT2D eigenvalue weighted by Gasteiger charge is 2.29. The first-order valence-corrected chi connectivity index (χ1v) is 8.89. The Morgan fingerprint density at radius 1 is 1.12 bits per heavy atom. The van der Waals surface area contributed by atoms with Crippen LogP contribution < -0.4 is 10.6 Å². The van der Waals surface area contributed by atoms with E-state index in [9.17, 15) is 19.5 Å². The van der Waals surface area contributed by atoms with Crippen LogP contribution in [-0.2, 0) is 20.9 Å². The van der Waals surface area contributed by atoms with Crippen molar-refractivity contribution in [3.63, 3.8) is 0 Å². The van der Waals surface area contributed by atoms with Crippen molar-refractivity contribution in [1.29, 1.82) is 0 Å². The second-order valence-corrected chi connectivity index (χ2v) is 6.26. The predicted octanol–water partition coefficient (Wildman–Crippen LogP) is 2.70. The number of carboxylic acid groups (broad SMARTS) is 1. The fourth-order valence-electron chi connectivity index (χ4n) is 2.40. The lowest BCUT2D eigenvalue weighted by Gasteiger charge is -2.24. The van der Waals surface area contributed by atoms with Gasteiger partial charge in [-0.15, -0.1) is 0 Å². The summed E-state index contributed by atoms with van der Waals surface area (Å²) in [5, 5.41) is 14.3. The van der Waals surface area contributed by atoms with Crippen LogP contribution in [0.2, 0.25) is 0 Å². The number of carbonyl (C=O) groups excluding carboxylic acids is 2. The van der Waals surface area contributed by atoms with E-state index in [0.717, 1.165) is 5.56 Å². The summed E-state index contributed by atoms with van der Waals surface area (Å²) in [7, 11) is 0. The molecule has 2 amide bonds. The number of ether oxygens (including phenoxy) is 1. The van der Waals surface area contributed by atoms with Crippen LogP contribution >= 0.6 is 0 Å². The number of carboxylic acids is 1. The number of carbonyl (C=O) groups is 3. The lowest BCUT2D eigenvalue weighted by atomic mass is 9.98. The van der Waals surface area contributed by atoms with Crippen molar-refractivity contribution in [2.24, 2.45) is 5.92 Å². The Morgan fingerprint density at radius 2 is 1.77 bits per heavy atom. The summed E-state index contributed by atoms with van der Waals surface area (Å²) in [4.78, 5) is 35.8. The van der Waals surface area contributed by atoms with Gasteiger partial charge >= 0.3 is 12.1 Å². The van der Waals surface area contributed by atoms with E-state index in [2.05, 4.69) is 10.6 Å². The molecule has 0 fully saturated rings.